The number of anilines is 1. The molecular formula is C12H20BrN3O3S. The zero-order valence-corrected chi connectivity index (χ0v) is 14.5. The highest BCUT2D eigenvalue weighted by atomic mass is 79.9. The molecule has 0 spiro atoms. The minimum Gasteiger partial charge on any atom is -0.379 e. The van der Waals surface area contributed by atoms with Gasteiger partial charge in [0.2, 0.25) is 0 Å². The molecule has 6 nitrogen and oxygen atoms in total. The topological polar surface area (TPSA) is 81.1 Å². The van der Waals surface area contributed by atoms with E-state index >= 15 is 0 Å². The van der Waals surface area contributed by atoms with Crippen molar-refractivity contribution >= 4 is 31.5 Å². The number of nitrogens with zero attached hydrogens (tertiary/aromatic N) is 2. The summed E-state index contributed by atoms with van der Waals surface area (Å²) in [6.07, 6.45) is 2.71. The van der Waals surface area contributed by atoms with Crippen LogP contribution in [-0.2, 0) is 16.4 Å². The molecule has 0 radical (unpaired) electrons. The quantitative estimate of drug-likeness (QED) is 0.825. The van der Waals surface area contributed by atoms with Crippen molar-refractivity contribution in [2.24, 2.45) is 5.92 Å². The maximum absolute atomic E-state index is 12.1. The first-order chi connectivity index (χ1) is 9.10. The van der Waals surface area contributed by atoms with Gasteiger partial charge in [0.05, 0.1) is 17.6 Å². The van der Waals surface area contributed by atoms with E-state index in [4.69, 9.17) is 0 Å². The van der Waals surface area contributed by atoms with E-state index in [1.54, 1.807) is 6.92 Å². The SMILES string of the molecule is CC(C)Cn1ncc(NC(C)CS(C)(=O)=O)c(Br)c1=O. The van der Waals surface area contributed by atoms with Crippen LogP contribution in [0.1, 0.15) is 20.8 Å². The largest absolute Gasteiger partial charge is 0.379 e. The molecule has 0 fully saturated rings. The Morgan fingerprint density at radius 2 is 2.00 bits per heavy atom. The third-order valence-corrected chi connectivity index (χ3v) is 4.35. The van der Waals surface area contributed by atoms with E-state index in [0.717, 1.165) is 0 Å². The van der Waals surface area contributed by atoms with Gasteiger partial charge in [-0.15, -0.1) is 0 Å². The second-order valence-electron chi connectivity index (χ2n) is 5.39. The third kappa shape index (κ3) is 5.24. The number of rotatable bonds is 6. The van der Waals surface area contributed by atoms with Gasteiger partial charge < -0.3 is 5.32 Å². The number of hydrogen-bond acceptors (Lipinski definition) is 5. The van der Waals surface area contributed by atoms with Crippen LogP contribution in [0.25, 0.3) is 0 Å². The molecule has 0 aliphatic heterocycles. The Labute approximate surface area is 127 Å². The highest BCUT2D eigenvalue weighted by Crippen LogP contribution is 2.17. The first-order valence-corrected chi connectivity index (χ1v) is 9.15. The van der Waals surface area contributed by atoms with Crippen LogP contribution < -0.4 is 10.9 Å². The Morgan fingerprint density at radius 1 is 1.40 bits per heavy atom. The second-order valence-corrected chi connectivity index (χ2v) is 8.37. The summed E-state index contributed by atoms with van der Waals surface area (Å²) in [5.74, 6) is 0.309. The Bertz CT molecular complexity index is 625. The molecule has 0 bridgehead atoms. The van der Waals surface area contributed by atoms with E-state index in [2.05, 4.69) is 26.3 Å². The third-order valence-electron chi connectivity index (χ3n) is 2.48. The summed E-state index contributed by atoms with van der Waals surface area (Å²) in [6.45, 7) is 6.29. The van der Waals surface area contributed by atoms with Crippen molar-refractivity contribution in [3.05, 3.63) is 21.0 Å². The summed E-state index contributed by atoms with van der Waals surface area (Å²) < 4.78 is 24.2. The molecule has 0 aliphatic carbocycles. The summed E-state index contributed by atoms with van der Waals surface area (Å²) >= 11 is 3.24. The Kier molecular flexibility index (Phi) is 5.76. The fraction of sp³-hybridized carbons (Fsp3) is 0.667. The molecule has 1 heterocycles. The molecular weight excluding hydrogens is 346 g/mol. The molecule has 1 N–H and O–H groups in total. The standard InChI is InChI=1S/C12H20BrN3O3S/c1-8(2)6-16-12(17)11(13)10(5-14-16)15-9(3)7-20(4,18)19/h5,8-9,15H,6-7H2,1-4H3. The van der Waals surface area contributed by atoms with E-state index in [1.807, 2.05) is 13.8 Å². The van der Waals surface area contributed by atoms with Gasteiger partial charge in [-0.2, -0.15) is 5.10 Å². The van der Waals surface area contributed by atoms with Crippen LogP contribution >= 0.6 is 15.9 Å². The molecule has 0 saturated carbocycles. The van der Waals surface area contributed by atoms with Gasteiger partial charge in [0, 0.05) is 18.8 Å². The smallest absolute Gasteiger partial charge is 0.283 e. The van der Waals surface area contributed by atoms with Crippen molar-refractivity contribution in [3.8, 4) is 0 Å². The van der Waals surface area contributed by atoms with Crippen LogP contribution in [0.5, 0.6) is 0 Å². The zero-order valence-electron chi connectivity index (χ0n) is 12.1. The summed E-state index contributed by atoms with van der Waals surface area (Å²) in [5, 5.41) is 7.08. The van der Waals surface area contributed by atoms with E-state index in [0.29, 0.717) is 22.6 Å². The van der Waals surface area contributed by atoms with E-state index in [-0.39, 0.29) is 17.4 Å². The van der Waals surface area contributed by atoms with Gasteiger partial charge in [-0.05, 0) is 28.8 Å². The predicted molar refractivity (Wildman–Crippen MR) is 83.8 cm³/mol. The van der Waals surface area contributed by atoms with E-state index in [1.165, 1.54) is 17.1 Å². The van der Waals surface area contributed by atoms with Crippen LogP contribution in [0.3, 0.4) is 0 Å². The fourth-order valence-electron chi connectivity index (χ4n) is 1.80. The number of hydrogen-bond donors (Lipinski definition) is 1. The molecule has 20 heavy (non-hydrogen) atoms. The molecule has 1 unspecified atom stereocenters. The summed E-state index contributed by atoms with van der Waals surface area (Å²) in [4.78, 5) is 12.1. The van der Waals surface area contributed by atoms with Crippen molar-refractivity contribution in [2.75, 3.05) is 17.3 Å². The molecule has 0 saturated heterocycles. The number of halogens is 1. The van der Waals surface area contributed by atoms with Crippen LogP contribution in [0.4, 0.5) is 5.69 Å². The van der Waals surface area contributed by atoms with Crippen molar-refractivity contribution in [3.63, 3.8) is 0 Å². The number of aromatic nitrogens is 2. The molecule has 1 aromatic heterocycles. The minimum absolute atomic E-state index is 0.00544. The molecule has 1 aromatic rings. The zero-order chi connectivity index (χ0) is 15.5. The predicted octanol–water partition coefficient (Wildman–Crippen LogP) is 1.51. The lowest BCUT2D eigenvalue weighted by molar-refractivity contribution is 0.462. The second kappa shape index (κ2) is 6.71. The van der Waals surface area contributed by atoms with Crippen molar-refractivity contribution in [2.45, 2.75) is 33.4 Å². The van der Waals surface area contributed by atoms with Gasteiger partial charge in [0.25, 0.3) is 5.56 Å². The molecule has 0 aliphatic rings. The van der Waals surface area contributed by atoms with Crippen LogP contribution in [0.15, 0.2) is 15.5 Å². The Balaban J connectivity index is 2.93. The monoisotopic (exact) mass is 365 g/mol. The van der Waals surface area contributed by atoms with Gasteiger partial charge in [-0.1, -0.05) is 13.8 Å². The highest BCUT2D eigenvalue weighted by Gasteiger charge is 2.14. The molecule has 0 aromatic carbocycles. The van der Waals surface area contributed by atoms with E-state index < -0.39 is 9.84 Å². The van der Waals surface area contributed by atoms with Crippen LogP contribution in [0, 0.1) is 5.92 Å². The maximum Gasteiger partial charge on any atom is 0.283 e. The molecule has 1 rings (SSSR count). The lowest BCUT2D eigenvalue weighted by atomic mass is 10.2. The normalized spacial score (nSPS) is 13.5. The highest BCUT2D eigenvalue weighted by molar-refractivity contribution is 9.10. The molecule has 114 valence electrons. The van der Waals surface area contributed by atoms with Gasteiger partial charge in [0.15, 0.2) is 0 Å². The van der Waals surface area contributed by atoms with Gasteiger partial charge in [-0.3, -0.25) is 4.79 Å². The van der Waals surface area contributed by atoms with Gasteiger partial charge in [0.1, 0.15) is 14.3 Å². The molecule has 0 amide bonds. The summed E-state index contributed by atoms with van der Waals surface area (Å²) in [5.41, 5.74) is 0.279. The first kappa shape index (κ1) is 17.2. The fourth-order valence-corrected chi connectivity index (χ4v) is 3.22. The first-order valence-electron chi connectivity index (χ1n) is 6.30. The average molecular weight is 366 g/mol. The molecule has 1 atom stereocenters. The maximum atomic E-state index is 12.1. The summed E-state index contributed by atoms with van der Waals surface area (Å²) in [6, 6.07) is -0.302. The van der Waals surface area contributed by atoms with Crippen LogP contribution in [0.2, 0.25) is 0 Å². The molecule has 8 heteroatoms. The summed E-state index contributed by atoms with van der Waals surface area (Å²) in [7, 11) is -3.07. The van der Waals surface area contributed by atoms with E-state index in [9.17, 15) is 13.2 Å². The number of sulfone groups is 1. The minimum atomic E-state index is -3.07. The van der Waals surface area contributed by atoms with Crippen molar-refractivity contribution in [1.29, 1.82) is 0 Å². The number of nitrogens with one attached hydrogen (secondary N) is 1. The van der Waals surface area contributed by atoms with Crippen molar-refractivity contribution in [1.82, 2.24) is 9.78 Å². The average Bonchev–Trinajstić information content (AvgIpc) is 2.26. The lowest BCUT2D eigenvalue weighted by Gasteiger charge is -2.16. The Morgan fingerprint density at radius 3 is 2.50 bits per heavy atom. The van der Waals surface area contributed by atoms with Crippen molar-refractivity contribution < 1.29 is 8.42 Å². The van der Waals surface area contributed by atoms with Crippen LogP contribution in [-0.4, -0.2) is 36.2 Å². The van der Waals surface area contributed by atoms with Gasteiger partial charge in [-0.25, -0.2) is 13.1 Å². The lowest BCUT2D eigenvalue weighted by Crippen LogP contribution is -2.29. The van der Waals surface area contributed by atoms with Gasteiger partial charge >= 0.3 is 0 Å². The Hall–Kier alpha value is -0.890.